The van der Waals surface area contributed by atoms with Gasteiger partial charge in [0.2, 0.25) is 0 Å². The van der Waals surface area contributed by atoms with Crippen LogP contribution in [0.4, 0.5) is 8.78 Å². The SMILES string of the molecule is CNCc1cc(F)c(OCc2cncc(Br)c2)c(F)c1. The molecule has 0 spiro atoms. The summed E-state index contributed by atoms with van der Waals surface area (Å²) in [6.07, 6.45) is 3.20. The monoisotopic (exact) mass is 342 g/mol. The van der Waals surface area contributed by atoms with Crippen LogP contribution in [0.2, 0.25) is 0 Å². The smallest absolute Gasteiger partial charge is 0.191 e. The number of nitrogens with zero attached hydrogens (tertiary/aromatic N) is 1. The first-order chi connectivity index (χ1) is 9.60. The maximum absolute atomic E-state index is 13.8. The maximum Gasteiger partial charge on any atom is 0.191 e. The Balaban J connectivity index is 2.13. The van der Waals surface area contributed by atoms with E-state index in [1.54, 1.807) is 25.5 Å². The molecule has 0 amide bonds. The molecule has 0 fully saturated rings. The summed E-state index contributed by atoms with van der Waals surface area (Å²) < 4.78 is 33.6. The number of halogens is 3. The van der Waals surface area contributed by atoms with Crippen LogP contribution in [0.5, 0.6) is 5.75 Å². The Morgan fingerprint density at radius 2 is 1.85 bits per heavy atom. The zero-order valence-corrected chi connectivity index (χ0v) is 12.4. The Morgan fingerprint density at radius 1 is 1.15 bits per heavy atom. The van der Waals surface area contributed by atoms with Gasteiger partial charge in [0.05, 0.1) is 0 Å². The third-order valence-electron chi connectivity index (χ3n) is 2.58. The molecule has 0 saturated heterocycles. The van der Waals surface area contributed by atoms with E-state index >= 15 is 0 Å². The van der Waals surface area contributed by atoms with E-state index in [1.807, 2.05) is 0 Å². The topological polar surface area (TPSA) is 34.1 Å². The van der Waals surface area contributed by atoms with Gasteiger partial charge in [-0.2, -0.15) is 0 Å². The molecule has 0 aliphatic heterocycles. The average Bonchev–Trinajstić information content (AvgIpc) is 2.38. The lowest BCUT2D eigenvalue weighted by Crippen LogP contribution is -2.07. The second-order valence-electron chi connectivity index (χ2n) is 4.22. The quantitative estimate of drug-likeness (QED) is 0.903. The van der Waals surface area contributed by atoms with Crippen LogP contribution in [0.25, 0.3) is 0 Å². The van der Waals surface area contributed by atoms with Gasteiger partial charge in [0.25, 0.3) is 0 Å². The van der Waals surface area contributed by atoms with Gasteiger partial charge in [-0.25, -0.2) is 8.78 Å². The summed E-state index contributed by atoms with van der Waals surface area (Å²) in [5, 5.41) is 2.83. The third kappa shape index (κ3) is 3.74. The Kier molecular flexibility index (Phi) is 5.03. The van der Waals surface area contributed by atoms with E-state index in [9.17, 15) is 8.78 Å². The molecule has 0 atom stereocenters. The summed E-state index contributed by atoms with van der Waals surface area (Å²) >= 11 is 3.27. The normalized spacial score (nSPS) is 10.6. The molecule has 0 saturated carbocycles. The number of ether oxygens (including phenoxy) is 1. The van der Waals surface area contributed by atoms with Crippen LogP contribution in [-0.4, -0.2) is 12.0 Å². The summed E-state index contributed by atoms with van der Waals surface area (Å²) in [6.45, 7) is 0.440. The molecular weight excluding hydrogens is 330 g/mol. The largest absolute Gasteiger partial charge is 0.483 e. The van der Waals surface area contributed by atoms with E-state index in [-0.39, 0.29) is 12.4 Å². The second kappa shape index (κ2) is 6.76. The van der Waals surface area contributed by atoms with Gasteiger partial charge in [0.15, 0.2) is 17.4 Å². The fourth-order valence-electron chi connectivity index (χ4n) is 1.75. The predicted octanol–water partition coefficient (Wildman–Crippen LogP) is 3.42. The number of pyridine rings is 1. The van der Waals surface area contributed by atoms with Crippen molar-refractivity contribution in [1.29, 1.82) is 0 Å². The van der Waals surface area contributed by atoms with E-state index in [0.717, 1.165) is 10.0 Å². The van der Waals surface area contributed by atoms with Gasteiger partial charge in [-0.3, -0.25) is 4.98 Å². The Bertz CT molecular complexity index is 584. The van der Waals surface area contributed by atoms with Crippen molar-refractivity contribution in [3.05, 3.63) is 57.8 Å². The van der Waals surface area contributed by atoms with Crippen LogP contribution in [-0.2, 0) is 13.2 Å². The number of hydrogen-bond acceptors (Lipinski definition) is 3. The van der Waals surface area contributed by atoms with Gasteiger partial charge in [0.1, 0.15) is 6.61 Å². The van der Waals surface area contributed by atoms with E-state index in [2.05, 4.69) is 26.2 Å². The number of nitrogens with one attached hydrogen (secondary N) is 1. The summed E-state index contributed by atoms with van der Waals surface area (Å²) in [4.78, 5) is 3.96. The highest BCUT2D eigenvalue weighted by atomic mass is 79.9. The molecule has 106 valence electrons. The second-order valence-corrected chi connectivity index (χ2v) is 5.13. The van der Waals surface area contributed by atoms with Crippen LogP contribution in [0, 0.1) is 11.6 Å². The molecule has 3 nitrogen and oxygen atoms in total. The Morgan fingerprint density at radius 3 is 2.45 bits per heavy atom. The van der Waals surface area contributed by atoms with Gasteiger partial charge < -0.3 is 10.1 Å². The number of aromatic nitrogens is 1. The molecule has 1 aromatic carbocycles. The zero-order chi connectivity index (χ0) is 14.5. The first-order valence-corrected chi connectivity index (χ1v) is 6.74. The Hall–Kier alpha value is -1.53. The number of benzene rings is 1. The Labute approximate surface area is 124 Å². The highest BCUT2D eigenvalue weighted by Gasteiger charge is 2.12. The van der Waals surface area contributed by atoms with Gasteiger partial charge in [-0.1, -0.05) is 0 Å². The lowest BCUT2D eigenvalue weighted by Gasteiger charge is -2.10. The molecular formula is C14H13BrF2N2O. The van der Waals surface area contributed by atoms with Crippen molar-refractivity contribution >= 4 is 15.9 Å². The highest BCUT2D eigenvalue weighted by molar-refractivity contribution is 9.10. The molecule has 0 unspecified atom stereocenters. The predicted molar refractivity (Wildman–Crippen MR) is 75.4 cm³/mol. The number of rotatable bonds is 5. The van der Waals surface area contributed by atoms with Gasteiger partial charge in [0, 0.05) is 29.0 Å². The molecule has 2 rings (SSSR count). The van der Waals surface area contributed by atoms with Crippen LogP contribution in [0.1, 0.15) is 11.1 Å². The lowest BCUT2D eigenvalue weighted by atomic mass is 10.2. The van der Waals surface area contributed by atoms with Crippen molar-refractivity contribution in [2.45, 2.75) is 13.2 Å². The van der Waals surface area contributed by atoms with Crippen molar-refractivity contribution < 1.29 is 13.5 Å². The molecule has 0 radical (unpaired) electrons. The van der Waals surface area contributed by atoms with Gasteiger partial charge >= 0.3 is 0 Å². The summed E-state index contributed by atoms with van der Waals surface area (Å²) in [6, 6.07) is 4.29. The standard InChI is InChI=1S/C14H13BrF2N2O/c1-18-5-9-3-12(16)14(13(17)4-9)20-8-10-2-11(15)7-19-6-10/h2-4,6-7,18H,5,8H2,1H3. The molecule has 1 aromatic heterocycles. The summed E-state index contributed by atoms with van der Waals surface area (Å²) in [5.41, 5.74) is 1.25. The first-order valence-electron chi connectivity index (χ1n) is 5.95. The molecule has 0 aliphatic rings. The zero-order valence-electron chi connectivity index (χ0n) is 10.8. The third-order valence-corrected chi connectivity index (χ3v) is 3.02. The van der Waals surface area contributed by atoms with Crippen molar-refractivity contribution in [2.24, 2.45) is 0 Å². The molecule has 1 N–H and O–H groups in total. The fraction of sp³-hybridized carbons (Fsp3) is 0.214. The van der Waals surface area contributed by atoms with Gasteiger partial charge in [-0.15, -0.1) is 0 Å². The maximum atomic E-state index is 13.8. The average molecular weight is 343 g/mol. The van der Waals surface area contributed by atoms with E-state index in [1.165, 1.54) is 12.1 Å². The molecule has 1 heterocycles. The lowest BCUT2D eigenvalue weighted by molar-refractivity contribution is 0.273. The number of hydrogen-bond donors (Lipinski definition) is 1. The van der Waals surface area contributed by atoms with Crippen LogP contribution in [0.15, 0.2) is 35.1 Å². The van der Waals surface area contributed by atoms with Crippen molar-refractivity contribution in [1.82, 2.24) is 10.3 Å². The summed E-state index contributed by atoms with van der Waals surface area (Å²) in [7, 11) is 1.71. The van der Waals surface area contributed by atoms with E-state index in [4.69, 9.17) is 4.74 Å². The fourth-order valence-corrected chi connectivity index (χ4v) is 2.16. The van der Waals surface area contributed by atoms with Crippen molar-refractivity contribution in [3.63, 3.8) is 0 Å². The van der Waals surface area contributed by atoms with E-state index < -0.39 is 11.6 Å². The minimum atomic E-state index is -0.710. The minimum absolute atomic E-state index is 0.0473. The van der Waals surface area contributed by atoms with Crippen molar-refractivity contribution in [2.75, 3.05) is 7.05 Å². The van der Waals surface area contributed by atoms with Crippen molar-refractivity contribution in [3.8, 4) is 5.75 Å². The molecule has 6 heteroatoms. The van der Waals surface area contributed by atoms with Crippen LogP contribution >= 0.6 is 15.9 Å². The molecule has 0 bridgehead atoms. The highest BCUT2D eigenvalue weighted by Crippen LogP contribution is 2.24. The molecule has 20 heavy (non-hydrogen) atoms. The van der Waals surface area contributed by atoms with E-state index in [0.29, 0.717) is 12.1 Å². The molecule has 2 aromatic rings. The summed E-state index contributed by atoms with van der Waals surface area (Å²) in [5.74, 6) is -1.79. The van der Waals surface area contributed by atoms with Crippen LogP contribution in [0.3, 0.4) is 0 Å². The van der Waals surface area contributed by atoms with Crippen LogP contribution < -0.4 is 10.1 Å². The van der Waals surface area contributed by atoms with Gasteiger partial charge in [-0.05, 0) is 46.7 Å². The minimum Gasteiger partial charge on any atom is -0.483 e. The first kappa shape index (κ1) is 14.9. The molecule has 0 aliphatic carbocycles.